The van der Waals surface area contributed by atoms with Gasteiger partial charge in [0.05, 0.1) is 13.1 Å². The van der Waals surface area contributed by atoms with Gasteiger partial charge in [-0.05, 0) is 0 Å². The third kappa shape index (κ3) is 3.28. The first-order valence-electron chi connectivity index (χ1n) is 7.23. The lowest BCUT2D eigenvalue weighted by Crippen LogP contribution is -3.11. The largest absolute Gasteiger partial charge is 0.369 e. The molecular formula is C15H19N4O2+. The number of hydrogen-bond donors (Lipinski definition) is 2. The first kappa shape index (κ1) is 13.8. The smallest absolute Gasteiger partial charge is 0.282 e. The number of aromatic nitrogens is 2. The molecule has 2 aromatic rings. The fourth-order valence-electron chi connectivity index (χ4n) is 2.73. The number of likely N-dealkylation sites (tertiary alicyclic amines) is 1. The minimum atomic E-state index is -0.182. The van der Waals surface area contributed by atoms with E-state index in [0.29, 0.717) is 18.3 Å². The maximum atomic E-state index is 11.2. The average molecular weight is 287 g/mol. The van der Waals surface area contributed by atoms with Crippen molar-refractivity contribution in [1.82, 2.24) is 10.1 Å². The Bertz CT molecular complexity index is 603. The predicted molar refractivity (Wildman–Crippen MR) is 76.1 cm³/mol. The van der Waals surface area contributed by atoms with E-state index in [4.69, 9.17) is 10.3 Å². The average Bonchev–Trinajstić information content (AvgIpc) is 2.97. The van der Waals surface area contributed by atoms with E-state index in [1.54, 1.807) is 0 Å². The molecule has 0 spiro atoms. The minimum absolute atomic E-state index is 0.0244. The van der Waals surface area contributed by atoms with E-state index in [-0.39, 0.29) is 11.8 Å². The van der Waals surface area contributed by atoms with Crippen LogP contribution in [0.1, 0.15) is 18.7 Å². The Morgan fingerprint density at radius 1 is 1.29 bits per heavy atom. The van der Waals surface area contributed by atoms with E-state index in [9.17, 15) is 4.79 Å². The number of primary amides is 1. The molecule has 3 N–H and O–H groups in total. The number of hydrogen-bond acceptors (Lipinski definition) is 4. The Morgan fingerprint density at radius 3 is 2.67 bits per heavy atom. The lowest BCUT2D eigenvalue weighted by atomic mass is 9.96. The molecule has 110 valence electrons. The van der Waals surface area contributed by atoms with E-state index < -0.39 is 0 Å². The van der Waals surface area contributed by atoms with Gasteiger partial charge in [-0.2, -0.15) is 4.98 Å². The number of nitrogens with one attached hydrogen (secondary N) is 1. The second-order valence-electron chi connectivity index (χ2n) is 5.48. The van der Waals surface area contributed by atoms with Crippen molar-refractivity contribution in [2.75, 3.05) is 13.1 Å². The van der Waals surface area contributed by atoms with Crippen LogP contribution in [0.15, 0.2) is 34.9 Å². The second-order valence-corrected chi connectivity index (χ2v) is 5.48. The summed E-state index contributed by atoms with van der Waals surface area (Å²) in [4.78, 5) is 16.9. The summed E-state index contributed by atoms with van der Waals surface area (Å²) in [6, 6.07) is 9.77. The summed E-state index contributed by atoms with van der Waals surface area (Å²) in [6.07, 6.45) is 1.68. The molecule has 1 aromatic carbocycles. The van der Waals surface area contributed by atoms with E-state index in [1.807, 2.05) is 30.3 Å². The number of nitrogens with two attached hydrogens (primary N) is 1. The van der Waals surface area contributed by atoms with Crippen molar-refractivity contribution in [3.8, 4) is 11.4 Å². The molecule has 1 aliphatic rings. The van der Waals surface area contributed by atoms with Crippen molar-refractivity contribution in [3.05, 3.63) is 36.2 Å². The normalized spacial score (nSPS) is 22.1. The van der Waals surface area contributed by atoms with Crippen molar-refractivity contribution in [2.45, 2.75) is 19.4 Å². The zero-order valence-electron chi connectivity index (χ0n) is 11.8. The molecule has 1 aliphatic heterocycles. The van der Waals surface area contributed by atoms with Crippen molar-refractivity contribution < 1.29 is 14.2 Å². The van der Waals surface area contributed by atoms with Gasteiger partial charge in [0.1, 0.15) is 0 Å². The third-order valence-corrected chi connectivity index (χ3v) is 4.00. The molecule has 2 heterocycles. The first-order valence-corrected chi connectivity index (χ1v) is 7.23. The number of benzene rings is 1. The molecule has 0 atom stereocenters. The minimum Gasteiger partial charge on any atom is -0.369 e. The molecule has 1 fully saturated rings. The maximum absolute atomic E-state index is 11.2. The van der Waals surface area contributed by atoms with Crippen LogP contribution >= 0.6 is 0 Å². The second kappa shape index (κ2) is 6.05. The zero-order valence-corrected chi connectivity index (χ0v) is 11.8. The van der Waals surface area contributed by atoms with Crippen LogP contribution in [0.3, 0.4) is 0 Å². The van der Waals surface area contributed by atoms with Crippen LogP contribution in [-0.4, -0.2) is 29.1 Å². The van der Waals surface area contributed by atoms with Crippen LogP contribution in [0.5, 0.6) is 0 Å². The summed E-state index contributed by atoms with van der Waals surface area (Å²) in [6.45, 7) is 2.53. The number of carbonyl (C=O) groups is 1. The molecule has 0 aliphatic carbocycles. The van der Waals surface area contributed by atoms with Gasteiger partial charge in [0.15, 0.2) is 6.54 Å². The standard InChI is InChI=1S/C15H18N4O2/c16-14(20)11-6-8-19(9-7-11)10-13-17-15(18-21-13)12-4-2-1-3-5-12/h1-5,11H,6-10H2,(H2,16,20)/p+1. The maximum Gasteiger partial charge on any atom is 0.282 e. The van der Waals surface area contributed by atoms with Gasteiger partial charge >= 0.3 is 0 Å². The number of nitrogens with zero attached hydrogens (tertiary/aromatic N) is 2. The number of rotatable bonds is 4. The van der Waals surface area contributed by atoms with E-state index in [1.165, 1.54) is 4.90 Å². The molecule has 0 saturated carbocycles. The molecule has 0 unspecified atom stereocenters. The van der Waals surface area contributed by atoms with Crippen molar-refractivity contribution >= 4 is 5.91 Å². The van der Waals surface area contributed by atoms with Crippen molar-refractivity contribution in [2.24, 2.45) is 11.7 Å². The number of carbonyl (C=O) groups excluding carboxylic acids is 1. The summed E-state index contributed by atoms with van der Waals surface area (Å²) >= 11 is 0. The van der Waals surface area contributed by atoms with E-state index >= 15 is 0 Å². The van der Waals surface area contributed by atoms with Crippen LogP contribution in [-0.2, 0) is 11.3 Å². The number of amides is 1. The first-order chi connectivity index (χ1) is 10.2. The zero-order chi connectivity index (χ0) is 14.7. The predicted octanol–water partition coefficient (Wildman–Crippen LogP) is 0.0168. The third-order valence-electron chi connectivity index (χ3n) is 4.00. The van der Waals surface area contributed by atoms with Crippen LogP contribution in [0, 0.1) is 5.92 Å². The van der Waals surface area contributed by atoms with Gasteiger partial charge in [-0.25, -0.2) is 0 Å². The Kier molecular flexibility index (Phi) is 3.96. The van der Waals surface area contributed by atoms with Crippen LogP contribution < -0.4 is 10.6 Å². The molecular weight excluding hydrogens is 268 g/mol. The topological polar surface area (TPSA) is 86.5 Å². The molecule has 0 bridgehead atoms. The van der Waals surface area contributed by atoms with Crippen LogP contribution in [0.25, 0.3) is 11.4 Å². The lowest BCUT2D eigenvalue weighted by molar-refractivity contribution is -0.920. The highest BCUT2D eigenvalue weighted by atomic mass is 16.5. The molecule has 3 rings (SSSR count). The van der Waals surface area contributed by atoms with Gasteiger partial charge < -0.3 is 15.2 Å². The van der Waals surface area contributed by atoms with Gasteiger partial charge in [0.2, 0.25) is 11.7 Å². The molecule has 1 amide bonds. The van der Waals surface area contributed by atoms with Crippen molar-refractivity contribution in [3.63, 3.8) is 0 Å². The van der Waals surface area contributed by atoms with E-state index in [0.717, 1.165) is 31.5 Å². The lowest BCUT2D eigenvalue weighted by Gasteiger charge is -2.26. The molecule has 6 heteroatoms. The molecule has 1 saturated heterocycles. The van der Waals surface area contributed by atoms with Gasteiger partial charge in [0, 0.05) is 24.3 Å². The Morgan fingerprint density at radius 2 is 2.00 bits per heavy atom. The highest BCUT2D eigenvalue weighted by molar-refractivity contribution is 5.76. The van der Waals surface area contributed by atoms with Crippen LogP contribution in [0.4, 0.5) is 0 Å². The number of piperidine rings is 1. The summed E-state index contributed by atoms with van der Waals surface area (Å²) < 4.78 is 5.32. The Labute approximate surface area is 122 Å². The SMILES string of the molecule is NC(=O)C1CC[NH+](Cc2nc(-c3ccccc3)no2)CC1. The molecule has 21 heavy (non-hydrogen) atoms. The quantitative estimate of drug-likeness (QED) is 0.830. The number of quaternary nitrogens is 1. The highest BCUT2D eigenvalue weighted by Crippen LogP contribution is 2.14. The van der Waals surface area contributed by atoms with Gasteiger partial charge in [-0.3, -0.25) is 4.79 Å². The van der Waals surface area contributed by atoms with E-state index in [2.05, 4.69) is 10.1 Å². The summed E-state index contributed by atoms with van der Waals surface area (Å²) in [5.74, 6) is 1.10. The van der Waals surface area contributed by atoms with Gasteiger partial charge in [0.25, 0.3) is 5.89 Å². The molecule has 0 radical (unpaired) electrons. The van der Waals surface area contributed by atoms with Crippen molar-refractivity contribution in [1.29, 1.82) is 0 Å². The summed E-state index contributed by atoms with van der Waals surface area (Å²) in [5, 5.41) is 4.02. The molecule has 6 nitrogen and oxygen atoms in total. The van der Waals surface area contributed by atoms with Crippen LogP contribution in [0.2, 0.25) is 0 Å². The Hall–Kier alpha value is -2.21. The highest BCUT2D eigenvalue weighted by Gasteiger charge is 2.27. The fraction of sp³-hybridized carbons (Fsp3) is 0.400. The summed E-state index contributed by atoms with van der Waals surface area (Å²) in [5.41, 5.74) is 6.30. The van der Waals surface area contributed by atoms with Gasteiger partial charge in [-0.15, -0.1) is 0 Å². The summed E-state index contributed by atoms with van der Waals surface area (Å²) in [7, 11) is 0. The van der Waals surface area contributed by atoms with Gasteiger partial charge in [-0.1, -0.05) is 35.5 Å². The fourth-order valence-corrected chi connectivity index (χ4v) is 2.73. The molecule has 1 aromatic heterocycles. The monoisotopic (exact) mass is 287 g/mol. The Balaban J connectivity index is 1.60.